The van der Waals surface area contributed by atoms with E-state index in [9.17, 15) is 14.0 Å². The second-order valence-corrected chi connectivity index (χ2v) is 8.09. The van der Waals surface area contributed by atoms with Gasteiger partial charge in [-0.3, -0.25) is 9.78 Å². The predicted octanol–water partition coefficient (Wildman–Crippen LogP) is 4.82. The van der Waals surface area contributed by atoms with Gasteiger partial charge >= 0.3 is 6.03 Å². The molecule has 184 valence electrons. The molecule has 0 aliphatic carbocycles. The maximum Gasteiger partial charge on any atom is 0.319 e. The molecule has 1 aromatic heterocycles. The van der Waals surface area contributed by atoms with Gasteiger partial charge in [0.2, 0.25) is 0 Å². The van der Waals surface area contributed by atoms with Crippen LogP contribution in [0.3, 0.4) is 0 Å². The number of rotatable bonds is 6. The average Bonchev–Trinajstić information content (AvgIpc) is 2.89. The van der Waals surface area contributed by atoms with Crippen molar-refractivity contribution in [2.75, 3.05) is 22.9 Å². The summed E-state index contributed by atoms with van der Waals surface area (Å²) in [5.41, 5.74) is 9.61. The van der Waals surface area contributed by atoms with E-state index in [0.29, 0.717) is 46.7 Å². The maximum absolute atomic E-state index is 13.3. The van der Waals surface area contributed by atoms with Crippen molar-refractivity contribution < 1.29 is 14.0 Å². The number of benzene rings is 3. The van der Waals surface area contributed by atoms with Crippen molar-refractivity contribution in [2.45, 2.75) is 6.42 Å². The first-order chi connectivity index (χ1) is 18.0. The van der Waals surface area contributed by atoms with E-state index < -0.39 is 6.03 Å². The Kier molecular flexibility index (Phi) is 8.09. The molecule has 8 heteroatoms. The van der Waals surface area contributed by atoms with Gasteiger partial charge in [0.05, 0.1) is 5.56 Å². The minimum Gasteiger partial charge on any atom is -0.399 e. The molecule has 0 fully saturated rings. The minimum atomic E-state index is -0.390. The third kappa shape index (κ3) is 7.41. The number of nitrogen functional groups attached to an aromatic ring is 1. The van der Waals surface area contributed by atoms with Gasteiger partial charge in [0.1, 0.15) is 5.82 Å². The van der Waals surface area contributed by atoms with Crippen LogP contribution in [0.2, 0.25) is 0 Å². The smallest absolute Gasteiger partial charge is 0.319 e. The molecule has 37 heavy (non-hydrogen) atoms. The molecule has 0 saturated heterocycles. The fourth-order valence-electron chi connectivity index (χ4n) is 3.45. The number of urea groups is 1. The molecule has 0 aliphatic rings. The summed E-state index contributed by atoms with van der Waals surface area (Å²) in [6, 6.07) is 20.8. The number of aromatic nitrogens is 1. The van der Waals surface area contributed by atoms with Crippen LogP contribution >= 0.6 is 0 Å². The number of amides is 3. The van der Waals surface area contributed by atoms with Crippen LogP contribution in [0, 0.1) is 17.7 Å². The minimum absolute atomic E-state index is 0.305. The highest BCUT2D eigenvalue weighted by Crippen LogP contribution is 2.19. The Morgan fingerprint density at radius 2 is 1.70 bits per heavy atom. The van der Waals surface area contributed by atoms with Gasteiger partial charge in [-0.25, -0.2) is 9.18 Å². The second kappa shape index (κ2) is 12.0. The van der Waals surface area contributed by atoms with E-state index in [4.69, 9.17) is 5.73 Å². The molecule has 0 bridgehead atoms. The summed E-state index contributed by atoms with van der Waals surface area (Å²) in [6.45, 7) is 0.426. The van der Waals surface area contributed by atoms with E-state index in [0.717, 1.165) is 5.56 Å². The van der Waals surface area contributed by atoms with Crippen LogP contribution in [0.15, 0.2) is 91.3 Å². The van der Waals surface area contributed by atoms with Crippen molar-refractivity contribution in [3.63, 3.8) is 0 Å². The first-order valence-electron chi connectivity index (χ1n) is 11.5. The summed E-state index contributed by atoms with van der Waals surface area (Å²) in [4.78, 5) is 29.5. The topological polar surface area (TPSA) is 109 Å². The van der Waals surface area contributed by atoms with Crippen molar-refractivity contribution in [1.82, 2.24) is 10.3 Å². The van der Waals surface area contributed by atoms with Gasteiger partial charge in [-0.1, -0.05) is 24.0 Å². The summed E-state index contributed by atoms with van der Waals surface area (Å²) < 4.78 is 13.3. The number of nitrogens with two attached hydrogens (primary N) is 1. The molecule has 0 atom stereocenters. The Labute approximate surface area is 213 Å². The summed E-state index contributed by atoms with van der Waals surface area (Å²) in [7, 11) is 0. The lowest BCUT2D eigenvalue weighted by Crippen LogP contribution is -2.30. The van der Waals surface area contributed by atoms with Crippen molar-refractivity contribution in [1.29, 1.82) is 0 Å². The molecular formula is C29H24FN5O2. The Morgan fingerprint density at radius 3 is 2.46 bits per heavy atom. The normalized spacial score (nSPS) is 10.1. The summed E-state index contributed by atoms with van der Waals surface area (Å²) >= 11 is 0. The monoisotopic (exact) mass is 493 g/mol. The van der Waals surface area contributed by atoms with E-state index in [1.165, 1.54) is 12.1 Å². The van der Waals surface area contributed by atoms with E-state index in [-0.39, 0.29) is 11.7 Å². The van der Waals surface area contributed by atoms with Gasteiger partial charge in [-0.15, -0.1) is 0 Å². The first-order valence-corrected chi connectivity index (χ1v) is 11.5. The van der Waals surface area contributed by atoms with Crippen LogP contribution in [-0.4, -0.2) is 23.5 Å². The molecule has 4 rings (SSSR count). The Balaban J connectivity index is 1.52. The van der Waals surface area contributed by atoms with E-state index in [2.05, 4.69) is 32.8 Å². The number of carbonyl (C=O) groups excluding carboxylic acids is 2. The predicted molar refractivity (Wildman–Crippen MR) is 143 cm³/mol. The summed E-state index contributed by atoms with van der Waals surface area (Å²) in [6.07, 6.45) is 4.08. The third-order valence-electron chi connectivity index (χ3n) is 5.27. The fraction of sp³-hybridized carbons (Fsp3) is 0.0690. The van der Waals surface area contributed by atoms with Crippen LogP contribution in [0.1, 0.15) is 27.0 Å². The number of halogens is 1. The first kappa shape index (κ1) is 24.9. The zero-order valence-corrected chi connectivity index (χ0v) is 19.8. The molecule has 4 aromatic rings. The Hall–Kier alpha value is -5.16. The van der Waals surface area contributed by atoms with E-state index >= 15 is 0 Å². The van der Waals surface area contributed by atoms with Gasteiger partial charge in [0, 0.05) is 47.1 Å². The molecule has 5 N–H and O–H groups in total. The van der Waals surface area contributed by atoms with Crippen molar-refractivity contribution >= 4 is 29.0 Å². The molecule has 0 radical (unpaired) electrons. The second-order valence-electron chi connectivity index (χ2n) is 8.09. The van der Waals surface area contributed by atoms with Gasteiger partial charge in [0.25, 0.3) is 5.91 Å². The zero-order valence-electron chi connectivity index (χ0n) is 19.8. The summed E-state index contributed by atoms with van der Waals surface area (Å²) in [5.74, 6) is 5.15. The van der Waals surface area contributed by atoms with Crippen molar-refractivity contribution in [2.24, 2.45) is 0 Å². The number of nitrogens with one attached hydrogen (secondary N) is 3. The fourth-order valence-corrected chi connectivity index (χ4v) is 3.45. The molecule has 0 saturated carbocycles. The van der Waals surface area contributed by atoms with E-state index in [1.807, 2.05) is 12.1 Å². The number of nitrogens with zero attached hydrogens (tertiary/aromatic N) is 1. The molecule has 0 aliphatic heterocycles. The highest BCUT2D eigenvalue weighted by molar-refractivity contribution is 6.06. The van der Waals surface area contributed by atoms with E-state index in [1.54, 1.807) is 67.0 Å². The van der Waals surface area contributed by atoms with Crippen molar-refractivity contribution in [3.05, 3.63) is 119 Å². The van der Waals surface area contributed by atoms with Crippen LogP contribution in [0.5, 0.6) is 0 Å². The Bertz CT molecular complexity index is 1460. The van der Waals surface area contributed by atoms with Gasteiger partial charge in [-0.2, -0.15) is 0 Å². The van der Waals surface area contributed by atoms with Crippen molar-refractivity contribution in [3.8, 4) is 11.8 Å². The molecule has 0 unspecified atom stereocenters. The molecule has 3 aromatic carbocycles. The lowest BCUT2D eigenvalue weighted by atomic mass is 10.0. The molecule has 7 nitrogen and oxygen atoms in total. The lowest BCUT2D eigenvalue weighted by Gasteiger charge is -2.11. The lowest BCUT2D eigenvalue weighted by molar-refractivity contribution is 0.102. The van der Waals surface area contributed by atoms with Gasteiger partial charge in [0.15, 0.2) is 0 Å². The van der Waals surface area contributed by atoms with Crippen LogP contribution in [0.4, 0.5) is 26.2 Å². The Morgan fingerprint density at radius 1 is 0.892 bits per heavy atom. The molecule has 0 spiro atoms. The quantitative estimate of drug-likeness (QED) is 0.228. The zero-order chi connectivity index (χ0) is 26.0. The number of carbonyl (C=O) groups is 2. The maximum atomic E-state index is 13.3. The SMILES string of the molecule is Nc1cccc(NC(=O)c2ccc(NC(=O)NCCc3cccnc3)cc2C#Cc2ccc(F)cc2)c1. The number of hydrogen-bond acceptors (Lipinski definition) is 4. The van der Waals surface area contributed by atoms with Crippen LogP contribution in [-0.2, 0) is 6.42 Å². The number of anilines is 3. The third-order valence-corrected chi connectivity index (χ3v) is 5.27. The number of hydrogen-bond donors (Lipinski definition) is 4. The largest absolute Gasteiger partial charge is 0.399 e. The summed E-state index contributed by atoms with van der Waals surface area (Å²) in [5, 5.41) is 8.37. The number of pyridine rings is 1. The van der Waals surface area contributed by atoms with Crippen LogP contribution in [0.25, 0.3) is 0 Å². The molecule has 3 amide bonds. The molecular weight excluding hydrogens is 469 g/mol. The average molecular weight is 494 g/mol. The molecule has 1 heterocycles. The standard InChI is InChI=1S/C29H24FN5O2/c30-23-10-7-20(8-11-23)6-9-22-17-26(35-29(37)33-16-14-21-3-2-15-32-19-21)12-13-27(22)28(36)34-25-5-1-4-24(31)18-25/h1-5,7-8,10-13,15,17-19H,14,16,31H2,(H,34,36)(H2,33,35,37). The van der Waals surface area contributed by atoms with Gasteiger partial charge in [-0.05, 0) is 78.7 Å². The highest BCUT2D eigenvalue weighted by Gasteiger charge is 2.13. The van der Waals surface area contributed by atoms with Crippen LogP contribution < -0.4 is 21.7 Å². The highest BCUT2D eigenvalue weighted by atomic mass is 19.1. The van der Waals surface area contributed by atoms with Gasteiger partial charge < -0.3 is 21.7 Å².